The van der Waals surface area contributed by atoms with Crippen molar-refractivity contribution in [3.8, 4) is 16.9 Å². The van der Waals surface area contributed by atoms with E-state index >= 15 is 0 Å². The predicted molar refractivity (Wildman–Crippen MR) is 166 cm³/mol. The van der Waals surface area contributed by atoms with E-state index in [2.05, 4.69) is 10.2 Å². The number of aliphatic hydroxyl groups excluding tert-OH is 1. The number of hydrogen-bond acceptors (Lipinski definition) is 6. The largest absolute Gasteiger partial charge is 0.489 e. The lowest BCUT2D eigenvalue weighted by Gasteiger charge is -2.29. The molecule has 1 aliphatic heterocycles. The lowest BCUT2D eigenvalue weighted by molar-refractivity contribution is -0.118. The number of rotatable bonds is 12. The number of ether oxygens (including phenoxy) is 1. The van der Waals surface area contributed by atoms with E-state index < -0.39 is 29.4 Å². The van der Waals surface area contributed by atoms with Gasteiger partial charge in [0.1, 0.15) is 11.9 Å². The van der Waals surface area contributed by atoms with Gasteiger partial charge >= 0.3 is 0 Å². The Bertz CT molecular complexity index is 1360. The van der Waals surface area contributed by atoms with Gasteiger partial charge in [-0.3, -0.25) is 9.59 Å². The van der Waals surface area contributed by atoms with Gasteiger partial charge in [0.05, 0.1) is 22.8 Å². The van der Waals surface area contributed by atoms with Crippen molar-refractivity contribution in [3.63, 3.8) is 0 Å². The summed E-state index contributed by atoms with van der Waals surface area (Å²) >= 11 is 6.47. The van der Waals surface area contributed by atoms with Crippen LogP contribution < -0.4 is 10.1 Å². The number of benzene rings is 3. The fourth-order valence-corrected chi connectivity index (χ4v) is 5.28. The zero-order valence-electron chi connectivity index (χ0n) is 24.8. The highest BCUT2D eigenvalue weighted by molar-refractivity contribution is 6.42. The highest BCUT2D eigenvalue weighted by Gasteiger charge is 2.29. The van der Waals surface area contributed by atoms with Crippen LogP contribution in [-0.2, 0) is 10.4 Å². The van der Waals surface area contributed by atoms with Crippen molar-refractivity contribution in [3.05, 3.63) is 88.4 Å². The van der Waals surface area contributed by atoms with E-state index in [0.717, 1.165) is 49.0 Å². The first kappa shape index (κ1) is 31.7. The molecule has 1 fully saturated rings. The van der Waals surface area contributed by atoms with Crippen LogP contribution in [0, 0.1) is 0 Å². The van der Waals surface area contributed by atoms with Crippen LogP contribution in [0.2, 0.25) is 5.02 Å². The number of halogens is 1. The summed E-state index contributed by atoms with van der Waals surface area (Å²) in [4.78, 5) is 28.5. The van der Waals surface area contributed by atoms with Crippen molar-refractivity contribution >= 4 is 23.3 Å². The molecule has 1 saturated heterocycles. The van der Waals surface area contributed by atoms with Gasteiger partial charge in [0.25, 0.3) is 5.91 Å². The number of aliphatic hydroxyl groups is 2. The first-order chi connectivity index (χ1) is 20.0. The molecule has 0 radical (unpaired) electrons. The minimum absolute atomic E-state index is 0.000207. The Morgan fingerprint density at radius 3 is 2.14 bits per heavy atom. The van der Waals surface area contributed by atoms with Gasteiger partial charge in [-0.05, 0) is 87.5 Å². The number of carbonyl (C=O) groups excluding carboxylic acids is 2. The Morgan fingerprint density at radius 2 is 1.60 bits per heavy atom. The third-order valence-electron chi connectivity index (χ3n) is 7.83. The molecule has 3 N–H and O–H groups in total. The second-order valence-corrected chi connectivity index (χ2v) is 12.0. The minimum Gasteiger partial charge on any atom is -0.489 e. The molecular formula is C34H41ClN2O5. The minimum atomic E-state index is -1.08. The lowest BCUT2D eigenvalue weighted by atomic mass is 9.95. The fourth-order valence-electron chi connectivity index (χ4n) is 5.05. The number of likely N-dealkylation sites (tertiary alicyclic amines) is 1. The van der Waals surface area contributed by atoms with E-state index in [4.69, 9.17) is 16.3 Å². The van der Waals surface area contributed by atoms with Crippen LogP contribution in [0.25, 0.3) is 11.1 Å². The standard InChI is InChI=1S/C34H41ClN2O5/c1-5-22(2)42-30-17-14-26(20-28(30)35)31(38)29(21-37-18-6-7-19-37)36-33(40)32(39)25-10-8-23(9-11-25)24-12-15-27(16-13-24)34(3,4)41/h8-17,20,22,29,31,38,41H,5-7,18-19,21H2,1-4H3,(H,36,40)/t22?,29-,31-/m1/s1. The van der Waals surface area contributed by atoms with Crippen LogP contribution in [0.1, 0.15) is 74.5 Å². The average Bonchev–Trinajstić information content (AvgIpc) is 3.50. The van der Waals surface area contributed by atoms with E-state index in [1.807, 2.05) is 38.1 Å². The Labute approximate surface area is 253 Å². The van der Waals surface area contributed by atoms with E-state index in [1.165, 1.54) is 0 Å². The zero-order valence-corrected chi connectivity index (χ0v) is 25.5. The molecule has 8 heteroatoms. The van der Waals surface area contributed by atoms with Crippen LogP contribution in [0.4, 0.5) is 0 Å². The molecule has 0 saturated carbocycles. The molecule has 1 heterocycles. The maximum atomic E-state index is 13.2. The summed E-state index contributed by atoms with van der Waals surface area (Å²) in [5.74, 6) is -0.912. The van der Waals surface area contributed by atoms with Gasteiger partial charge < -0.3 is 25.2 Å². The maximum absolute atomic E-state index is 13.2. The number of nitrogens with zero attached hydrogens (tertiary/aromatic N) is 1. The van der Waals surface area contributed by atoms with Crippen LogP contribution in [0.15, 0.2) is 66.7 Å². The Kier molecular flexibility index (Phi) is 10.4. The molecule has 1 unspecified atom stereocenters. The smallest absolute Gasteiger partial charge is 0.292 e. The van der Waals surface area contributed by atoms with Crippen molar-refractivity contribution in [1.29, 1.82) is 0 Å². The third-order valence-corrected chi connectivity index (χ3v) is 8.13. The number of hydrogen-bond donors (Lipinski definition) is 3. The quantitative estimate of drug-likeness (QED) is 0.179. The second-order valence-electron chi connectivity index (χ2n) is 11.6. The van der Waals surface area contributed by atoms with Gasteiger partial charge in [-0.25, -0.2) is 0 Å². The summed E-state index contributed by atoms with van der Waals surface area (Å²) < 4.78 is 5.85. The van der Waals surface area contributed by atoms with Crippen molar-refractivity contribution in [2.24, 2.45) is 0 Å². The third kappa shape index (κ3) is 7.98. The predicted octanol–water partition coefficient (Wildman–Crippen LogP) is 5.91. The normalized spacial score (nSPS) is 16.1. The summed E-state index contributed by atoms with van der Waals surface area (Å²) in [5.41, 5.74) is 2.48. The maximum Gasteiger partial charge on any atom is 0.292 e. The molecule has 0 aliphatic carbocycles. The van der Waals surface area contributed by atoms with E-state index in [1.54, 1.807) is 56.3 Å². The first-order valence-electron chi connectivity index (χ1n) is 14.6. The van der Waals surface area contributed by atoms with E-state index in [0.29, 0.717) is 22.9 Å². The summed E-state index contributed by atoms with van der Waals surface area (Å²) in [6.07, 6.45) is 1.86. The number of carbonyl (C=O) groups is 2. The monoisotopic (exact) mass is 592 g/mol. The number of amides is 1. The molecule has 4 rings (SSSR count). The van der Waals surface area contributed by atoms with Gasteiger partial charge in [0.2, 0.25) is 5.78 Å². The Morgan fingerprint density at radius 1 is 1.00 bits per heavy atom. The number of Topliss-reactive ketones (excluding diaryl/α,β-unsaturated/α-hetero) is 1. The van der Waals surface area contributed by atoms with Gasteiger partial charge in [0, 0.05) is 12.1 Å². The van der Waals surface area contributed by atoms with Gasteiger partial charge in [0.15, 0.2) is 0 Å². The second kappa shape index (κ2) is 13.8. The summed E-state index contributed by atoms with van der Waals surface area (Å²) in [6.45, 7) is 9.59. The molecule has 0 spiro atoms. The van der Waals surface area contributed by atoms with Gasteiger partial charge in [-0.2, -0.15) is 0 Å². The fraction of sp³-hybridized carbons (Fsp3) is 0.412. The Hall–Kier alpha value is -3.23. The van der Waals surface area contributed by atoms with E-state index in [9.17, 15) is 19.8 Å². The highest BCUT2D eigenvalue weighted by atomic mass is 35.5. The molecule has 0 aromatic heterocycles. The average molecular weight is 593 g/mol. The summed E-state index contributed by atoms with van der Waals surface area (Å²) in [6, 6.07) is 18.8. The SMILES string of the molecule is CCC(C)Oc1ccc([C@@H](O)[C@@H](CN2CCCC2)NC(=O)C(=O)c2ccc(-c3ccc(C(C)(C)O)cc3)cc2)cc1Cl. The summed E-state index contributed by atoms with van der Waals surface area (Å²) in [5, 5.41) is 24.7. The molecule has 3 aromatic rings. The summed E-state index contributed by atoms with van der Waals surface area (Å²) in [7, 11) is 0. The van der Waals surface area contributed by atoms with E-state index in [-0.39, 0.29) is 11.7 Å². The van der Waals surface area contributed by atoms with Crippen molar-refractivity contribution in [2.45, 2.75) is 70.8 Å². The molecule has 42 heavy (non-hydrogen) atoms. The Balaban J connectivity index is 1.48. The zero-order chi connectivity index (χ0) is 30.4. The van der Waals surface area contributed by atoms with Crippen LogP contribution in [-0.4, -0.2) is 58.6 Å². The molecule has 7 nitrogen and oxygen atoms in total. The van der Waals surface area contributed by atoms with Gasteiger partial charge in [-0.15, -0.1) is 0 Å². The molecule has 224 valence electrons. The number of nitrogens with one attached hydrogen (secondary N) is 1. The van der Waals surface area contributed by atoms with Gasteiger partial charge in [-0.1, -0.05) is 73.1 Å². The molecule has 0 bridgehead atoms. The van der Waals surface area contributed by atoms with Crippen LogP contribution >= 0.6 is 11.6 Å². The molecule has 1 amide bonds. The van der Waals surface area contributed by atoms with Crippen molar-refractivity contribution in [2.75, 3.05) is 19.6 Å². The molecule has 3 atom stereocenters. The van der Waals surface area contributed by atoms with Crippen LogP contribution in [0.3, 0.4) is 0 Å². The van der Waals surface area contributed by atoms with Crippen LogP contribution in [0.5, 0.6) is 5.75 Å². The van der Waals surface area contributed by atoms with Crippen molar-refractivity contribution < 1.29 is 24.5 Å². The molecule has 1 aliphatic rings. The topological polar surface area (TPSA) is 99.1 Å². The highest BCUT2D eigenvalue weighted by Crippen LogP contribution is 2.31. The lowest BCUT2D eigenvalue weighted by Crippen LogP contribution is -2.48. The van der Waals surface area contributed by atoms with Crippen molar-refractivity contribution in [1.82, 2.24) is 10.2 Å². The molecule has 3 aromatic carbocycles. The molecular weight excluding hydrogens is 552 g/mol. The first-order valence-corrected chi connectivity index (χ1v) is 15.0. The number of ketones is 1.